The van der Waals surface area contributed by atoms with Gasteiger partial charge in [0, 0.05) is 13.0 Å². The minimum absolute atomic E-state index is 0.191. The van der Waals surface area contributed by atoms with E-state index in [0.717, 1.165) is 18.7 Å². The van der Waals surface area contributed by atoms with Gasteiger partial charge < -0.3 is 5.11 Å². The Bertz CT molecular complexity index is 258. The van der Waals surface area contributed by atoms with Crippen molar-refractivity contribution in [2.24, 2.45) is 7.05 Å². The Labute approximate surface area is 64.9 Å². The molecule has 0 amide bonds. The maximum Gasteiger partial charge on any atom is 0.156 e. The zero-order valence-electron chi connectivity index (χ0n) is 6.44. The Kier molecular flexibility index (Phi) is 1.42. The van der Waals surface area contributed by atoms with Gasteiger partial charge in [0.15, 0.2) is 5.82 Å². The molecule has 1 aliphatic rings. The van der Waals surface area contributed by atoms with Gasteiger partial charge in [-0.15, -0.1) is 0 Å². The van der Waals surface area contributed by atoms with Crippen molar-refractivity contribution < 1.29 is 5.11 Å². The smallest absolute Gasteiger partial charge is 0.156 e. The van der Waals surface area contributed by atoms with Gasteiger partial charge in [-0.3, -0.25) is 4.68 Å². The van der Waals surface area contributed by atoms with Crippen LogP contribution in [0.1, 0.15) is 24.6 Å². The highest BCUT2D eigenvalue weighted by atomic mass is 16.3. The molecule has 2 atom stereocenters. The lowest BCUT2D eigenvalue weighted by Crippen LogP contribution is -2.29. The summed E-state index contributed by atoms with van der Waals surface area (Å²) >= 11 is 0. The van der Waals surface area contributed by atoms with Crippen molar-refractivity contribution >= 4 is 0 Å². The molecule has 1 N–H and O–H groups in total. The number of nitrogens with zero attached hydrogens (tertiary/aromatic N) is 3. The van der Waals surface area contributed by atoms with Crippen LogP contribution in [0, 0.1) is 0 Å². The fourth-order valence-corrected chi connectivity index (χ4v) is 1.31. The molecule has 2 rings (SSSR count). The number of rotatable bonds is 1. The third-order valence-electron chi connectivity index (χ3n) is 2.19. The molecule has 4 heteroatoms. The molecule has 0 bridgehead atoms. The molecule has 0 aliphatic heterocycles. The molecule has 1 aliphatic carbocycles. The molecular formula is C7H11N3O. The molecule has 1 aromatic rings. The van der Waals surface area contributed by atoms with Crippen LogP contribution in [0.2, 0.25) is 0 Å². The van der Waals surface area contributed by atoms with Crippen molar-refractivity contribution in [2.45, 2.75) is 24.9 Å². The predicted molar refractivity (Wildman–Crippen MR) is 39.0 cm³/mol. The van der Waals surface area contributed by atoms with E-state index in [-0.39, 0.29) is 12.0 Å². The van der Waals surface area contributed by atoms with Gasteiger partial charge in [0.05, 0.1) is 6.10 Å². The molecule has 0 aromatic carbocycles. The fraction of sp³-hybridized carbons (Fsp3) is 0.714. The zero-order valence-corrected chi connectivity index (χ0v) is 6.44. The Morgan fingerprint density at radius 3 is 2.82 bits per heavy atom. The van der Waals surface area contributed by atoms with E-state index in [1.165, 1.54) is 0 Å². The van der Waals surface area contributed by atoms with E-state index in [4.69, 9.17) is 0 Å². The van der Waals surface area contributed by atoms with Gasteiger partial charge in [0.2, 0.25) is 0 Å². The van der Waals surface area contributed by atoms with Crippen molar-refractivity contribution in [2.75, 3.05) is 0 Å². The first-order valence-corrected chi connectivity index (χ1v) is 3.81. The van der Waals surface area contributed by atoms with Crippen LogP contribution in [0.15, 0.2) is 6.33 Å². The van der Waals surface area contributed by atoms with Gasteiger partial charge in [0.1, 0.15) is 6.33 Å². The number of aromatic nitrogens is 3. The second kappa shape index (κ2) is 2.30. The van der Waals surface area contributed by atoms with Crippen molar-refractivity contribution in [3.63, 3.8) is 0 Å². The average molecular weight is 153 g/mol. The summed E-state index contributed by atoms with van der Waals surface area (Å²) < 4.78 is 1.67. The highest BCUT2D eigenvalue weighted by Crippen LogP contribution is 2.34. The zero-order chi connectivity index (χ0) is 7.84. The van der Waals surface area contributed by atoms with Crippen LogP contribution in [-0.2, 0) is 7.05 Å². The monoisotopic (exact) mass is 153 g/mol. The van der Waals surface area contributed by atoms with Crippen LogP contribution < -0.4 is 0 Å². The van der Waals surface area contributed by atoms with Crippen LogP contribution in [0.3, 0.4) is 0 Å². The summed E-state index contributed by atoms with van der Waals surface area (Å²) in [5.41, 5.74) is 0. The highest BCUT2D eigenvalue weighted by molar-refractivity contribution is 5.03. The van der Waals surface area contributed by atoms with Crippen molar-refractivity contribution in [3.05, 3.63) is 12.2 Å². The summed E-state index contributed by atoms with van der Waals surface area (Å²) in [6.45, 7) is 0. The number of hydrogen-bond acceptors (Lipinski definition) is 3. The summed E-state index contributed by atoms with van der Waals surface area (Å²) in [5.74, 6) is 0.974. The van der Waals surface area contributed by atoms with Crippen molar-refractivity contribution in [3.8, 4) is 0 Å². The Hall–Kier alpha value is -0.900. The van der Waals surface area contributed by atoms with E-state index >= 15 is 0 Å². The number of hydrogen-bond donors (Lipinski definition) is 1. The van der Waals surface area contributed by atoms with Crippen LogP contribution >= 0.6 is 0 Å². The molecule has 1 saturated carbocycles. The van der Waals surface area contributed by atoms with Gasteiger partial charge in [-0.2, -0.15) is 5.10 Å². The summed E-state index contributed by atoms with van der Waals surface area (Å²) in [4.78, 5) is 4.08. The number of aliphatic hydroxyl groups is 1. The van der Waals surface area contributed by atoms with Gasteiger partial charge in [-0.05, 0) is 12.8 Å². The largest absolute Gasteiger partial charge is 0.392 e. The van der Waals surface area contributed by atoms with E-state index in [1.54, 1.807) is 11.0 Å². The lowest BCUT2D eigenvalue weighted by molar-refractivity contribution is 0.0621. The minimum atomic E-state index is -0.211. The fourth-order valence-electron chi connectivity index (χ4n) is 1.31. The van der Waals surface area contributed by atoms with Gasteiger partial charge in [-0.1, -0.05) is 0 Å². The molecule has 1 fully saturated rings. The molecule has 0 spiro atoms. The second-order valence-electron chi connectivity index (χ2n) is 3.03. The van der Waals surface area contributed by atoms with Crippen LogP contribution in [0.4, 0.5) is 0 Å². The van der Waals surface area contributed by atoms with E-state index < -0.39 is 0 Å². The molecule has 1 aromatic heterocycles. The second-order valence-corrected chi connectivity index (χ2v) is 3.03. The van der Waals surface area contributed by atoms with E-state index in [1.807, 2.05) is 7.05 Å². The van der Waals surface area contributed by atoms with E-state index in [2.05, 4.69) is 10.1 Å². The lowest BCUT2D eigenvalue weighted by atomic mass is 9.81. The normalized spacial score (nSPS) is 30.0. The van der Waals surface area contributed by atoms with E-state index in [9.17, 15) is 5.11 Å². The standard InChI is InChI=1S/C7H11N3O/c1-10-4-8-7(9-10)5-2-3-6(5)11/h4-6,11H,2-3H2,1H3. The first kappa shape index (κ1) is 6.79. The van der Waals surface area contributed by atoms with Gasteiger partial charge in [-0.25, -0.2) is 4.98 Å². The molecule has 1 heterocycles. The van der Waals surface area contributed by atoms with Crippen LogP contribution in [-0.4, -0.2) is 26.0 Å². The quantitative estimate of drug-likeness (QED) is 0.620. The molecular weight excluding hydrogens is 142 g/mol. The van der Waals surface area contributed by atoms with E-state index in [0.29, 0.717) is 0 Å². The minimum Gasteiger partial charge on any atom is -0.392 e. The van der Waals surface area contributed by atoms with Gasteiger partial charge in [0.25, 0.3) is 0 Å². The molecule has 2 unspecified atom stereocenters. The summed E-state index contributed by atoms with van der Waals surface area (Å²) in [6.07, 6.45) is 3.37. The van der Waals surface area contributed by atoms with Crippen LogP contribution in [0.25, 0.3) is 0 Å². The predicted octanol–water partition coefficient (Wildman–Crippen LogP) is 0.0534. The molecule has 11 heavy (non-hydrogen) atoms. The third-order valence-corrected chi connectivity index (χ3v) is 2.19. The maximum atomic E-state index is 9.28. The summed E-state index contributed by atoms with van der Waals surface area (Å²) in [6, 6.07) is 0. The first-order valence-electron chi connectivity index (χ1n) is 3.81. The van der Waals surface area contributed by atoms with Crippen molar-refractivity contribution in [1.82, 2.24) is 14.8 Å². The van der Waals surface area contributed by atoms with Gasteiger partial charge >= 0.3 is 0 Å². The SMILES string of the molecule is Cn1cnc(C2CCC2O)n1. The number of aliphatic hydroxyl groups excluding tert-OH is 1. The third kappa shape index (κ3) is 1.03. The molecule has 0 radical (unpaired) electrons. The molecule has 60 valence electrons. The Morgan fingerprint density at radius 1 is 1.64 bits per heavy atom. The van der Waals surface area contributed by atoms with Crippen molar-refractivity contribution in [1.29, 1.82) is 0 Å². The first-order chi connectivity index (χ1) is 5.27. The topological polar surface area (TPSA) is 50.9 Å². The Morgan fingerprint density at radius 2 is 2.45 bits per heavy atom. The summed E-state index contributed by atoms with van der Waals surface area (Å²) in [7, 11) is 1.83. The summed E-state index contributed by atoms with van der Waals surface area (Å²) in [5, 5.41) is 13.4. The highest BCUT2D eigenvalue weighted by Gasteiger charge is 2.32. The van der Waals surface area contributed by atoms with Crippen LogP contribution in [0.5, 0.6) is 0 Å². The lowest BCUT2D eigenvalue weighted by Gasteiger charge is -2.29. The maximum absolute atomic E-state index is 9.28. The molecule has 0 saturated heterocycles. The Balaban J connectivity index is 2.16. The number of aryl methyl sites for hydroxylation is 1. The molecule has 4 nitrogen and oxygen atoms in total. The average Bonchev–Trinajstić information content (AvgIpc) is 2.33.